The molecular formula is C41H64GaN6O20P. The third-order valence-electron chi connectivity index (χ3n) is 10.3. The Morgan fingerprint density at radius 3 is 1.65 bits per heavy atom. The summed E-state index contributed by atoms with van der Waals surface area (Å²) >= 11 is 0. The van der Waals surface area contributed by atoms with Gasteiger partial charge in [0, 0.05) is 83.7 Å². The maximum absolute atomic E-state index is 12.9. The van der Waals surface area contributed by atoms with E-state index in [2.05, 4.69) is 20.4 Å². The number of rotatable bonds is 26. The van der Waals surface area contributed by atoms with E-state index in [4.69, 9.17) is 28.8 Å². The molecule has 69 heavy (non-hydrogen) atoms. The molecule has 1 aliphatic rings. The van der Waals surface area contributed by atoms with Gasteiger partial charge in [0.05, 0.1) is 37.7 Å². The summed E-state index contributed by atoms with van der Waals surface area (Å²) in [6.45, 7) is 5.05. The van der Waals surface area contributed by atoms with Crippen molar-refractivity contribution in [3.63, 3.8) is 0 Å². The molecule has 1 aliphatic heterocycles. The summed E-state index contributed by atoms with van der Waals surface area (Å²) in [5.74, 6) is -11.1. The van der Waals surface area contributed by atoms with E-state index in [1.165, 1.54) is 12.1 Å². The number of hydrogen-bond donors (Lipinski definition) is 8. The number of Topliss-reactive ketones (excluding diaryl/α,β-unsaturated/α-hetero) is 1. The third-order valence-corrected chi connectivity index (χ3v) is 11.8. The van der Waals surface area contributed by atoms with Crippen molar-refractivity contribution in [2.24, 2.45) is 11.8 Å². The maximum atomic E-state index is 12.9. The number of aliphatic carboxylic acids is 5. The summed E-state index contributed by atoms with van der Waals surface area (Å²) in [4.78, 5) is 147. The van der Waals surface area contributed by atoms with Gasteiger partial charge >= 0.3 is 69.5 Å². The van der Waals surface area contributed by atoms with Gasteiger partial charge in [-0.05, 0) is 57.5 Å². The molecule has 2 rings (SSSR count). The van der Waals surface area contributed by atoms with E-state index in [1.807, 2.05) is 23.9 Å². The van der Waals surface area contributed by atoms with Gasteiger partial charge in [-0.25, -0.2) is 4.79 Å². The van der Waals surface area contributed by atoms with Crippen LogP contribution in [0, 0.1) is 11.8 Å². The molecule has 4 atom stereocenters. The molecule has 8 N–H and O–H groups in total. The molecule has 386 valence electrons. The van der Waals surface area contributed by atoms with Crippen molar-refractivity contribution in [1.29, 1.82) is 0 Å². The van der Waals surface area contributed by atoms with E-state index in [0.29, 0.717) is 39.1 Å². The second-order valence-corrected chi connectivity index (χ2v) is 17.5. The molecule has 0 aliphatic carbocycles. The quantitative estimate of drug-likeness (QED) is 0.0347. The predicted octanol–water partition coefficient (Wildman–Crippen LogP) is -2.66. The van der Waals surface area contributed by atoms with Crippen LogP contribution in [0.2, 0.25) is 0 Å². The van der Waals surface area contributed by atoms with Crippen LogP contribution in [0.1, 0.15) is 54.4 Å². The topological polar surface area (TPSA) is 390 Å². The van der Waals surface area contributed by atoms with E-state index in [1.54, 1.807) is 12.1 Å². The number of ketones is 1. The Bertz CT molecular complexity index is 1920. The van der Waals surface area contributed by atoms with Gasteiger partial charge in [0.15, 0.2) is 0 Å². The minimum atomic E-state index is -4.58. The first-order chi connectivity index (χ1) is 32.0. The summed E-state index contributed by atoms with van der Waals surface area (Å²) in [5, 5.41) is 51.9. The zero-order chi connectivity index (χ0) is 51.8. The van der Waals surface area contributed by atoms with Gasteiger partial charge in [-0.15, -0.1) is 0 Å². The standard InChI is InChI=1S/C39H61N6O16P.2CO2.Ga.3H/c1-42-14-15-43(2)17-19-45(25-35(50)51)21-20-44(18-16-42)24-33(47)40-13-11-27-3-5-28(6-4-27)36(52)41-32(39(57)58)9-8-31(46)23-29(37(53)54)12-22-61-62(59,60)26-30(38(55)56)7-10-34(48)49;2*2-1-3;;;;/h3-6,29-30,32H,7-26H2,1-2H3,(H,40,47)(H,41,52)(H,48,49)(H,50,51)(H,53,54)(H,55,56)(H,57,58)(H,59,60);;;;;;/t29?,30?,32-;;;;;;/m1....../s1. The molecule has 1 heterocycles. The van der Waals surface area contributed by atoms with Gasteiger partial charge in [0.2, 0.25) is 5.91 Å². The minimum absolute atomic E-state index is 0. The van der Waals surface area contributed by atoms with Gasteiger partial charge in [-0.1, -0.05) is 12.1 Å². The van der Waals surface area contributed by atoms with Gasteiger partial charge in [-0.2, -0.15) is 19.2 Å². The molecule has 0 radical (unpaired) electrons. The number of carboxylic acids is 5. The van der Waals surface area contributed by atoms with Crippen LogP contribution in [-0.2, 0) is 68.2 Å². The molecule has 0 bridgehead atoms. The third kappa shape index (κ3) is 32.1. The Labute approximate surface area is 410 Å². The molecule has 28 heteroatoms. The van der Waals surface area contributed by atoms with Crippen LogP contribution in [0.4, 0.5) is 0 Å². The zero-order valence-corrected chi connectivity index (χ0v) is 38.7. The molecule has 2 amide bonds. The molecule has 26 nitrogen and oxygen atoms in total. The van der Waals surface area contributed by atoms with E-state index < -0.39 is 112 Å². The van der Waals surface area contributed by atoms with Crippen LogP contribution >= 0.6 is 7.60 Å². The molecule has 1 aromatic carbocycles. The second kappa shape index (κ2) is 36.5. The number of carbonyl (C=O) groups is 8. The molecule has 1 saturated heterocycles. The first-order valence-electron chi connectivity index (χ1n) is 21.0. The number of carbonyl (C=O) groups excluding carboxylic acids is 7. The van der Waals surface area contributed by atoms with Gasteiger partial charge in [0.25, 0.3) is 5.91 Å². The first kappa shape index (κ1) is 65.6. The van der Waals surface area contributed by atoms with Crippen LogP contribution < -0.4 is 10.6 Å². The van der Waals surface area contributed by atoms with Crippen molar-refractivity contribution in [1.82, 2.24) is 30.2 Å². The van der Waals surface area contributed by atoms with Crippen molar-refractivity contribution in [3.8, 4) is 0 Å². The van der Waals surface area contributed by atoms with E-state index >= 15 is 0 Å². The summed E-state index contributed by atoms with van der Waals surface area (Å²) < 4.78 is 17.2. The van der Waals surface area contributed by atoms with E-state index in [9.17, 15) is 68.2 Å². The normalized spacial score (nSPS) is 16.0. The summed E-state index contributed by atoms with van der Waals surface area (Å²) in [7, 11) is -0.552. The van der Waals surface area contributed by atoms with Crippen molar-refractivity contribution < 1.29 is 97.0 Å². The SMILES string of the molecule is CN1CCN(C)CCN(CC(=O)NCCc2ccc(C(=O)N[C@H](CCC(=O)CC(CCOP(=O)(O)CC(CCC(=O)O)C(=O)O)C(=O)O)C(=O)O)cc2)CCN(CC(=O)O)CC1.O=C=O.O=C=O.[GaH3]. The van der Waals surface area contributed by atoms with Crippen molar-refractivity contribution in [3.05, 3.63) is 35.4 Å². The Morgan fingerprint density at radius 2 is 1.17 bits per heavy atom. The van der Waals surface area contributed by atoms with Crippen LogP contribution in [0.25, 0.3) is 0 Å². The molecular weight excluding hydrogens is 997 g/mol. The predicted molar refractivity (Wildman–Crippen MR) is 241 cm³/mol. The Hall–Kier alpha value is -5.43. The van der Waals surface area contributed by atoms with Crippen LogP contribution in [-0.4, -0.2) is 234 Å². The molecule has 0 aromatic heterocycles. The first-order valence-corrected chi connectivity index (χ1v) is 22.8. The Balaban J connectivity index is 0. The Morgan fingerprint density at radius 1 is 0.681 bits per heavy atom. The number of carboxylic acid groups (broad SMARTS) is 5. The van der Waals surface area contributed by atoms with Gasteiger partial charge < -0.3 is 55.4 Å². The Kier molecular flexibility index (Phi) is 34.8. The average Bonchev–Trinajstić information content (AvgIpc) is 3.25. The number of likely N-dealkylation sites (N-methyl/N-ethyl adjacent to an activating group) is 2. The van der Waals surface area contributed by atoms with Gasteiger partial charge in [0.1, 0.15) is 11.8 Å². The number of nitrogens with one attached hydrogen (secondary N) is 2. The molecule has 1 fully saturated rings. The van der Waals surface area contributed by atoms with Crippen LogP contribution in [0.3, 0.4) is 0 Å². The average molecular weight is 1060 g/mol. The van der Waals surface area contributed by atoms with Gasteiger partial charge in [-0.3, -0.25) is 47.9 Å². The second-order valence-electron chi connectivity index (χ2n) is 15.6. The van der Waals surface area contributed by atoms with E-state index in [0.717, 1.165) is 31.7 Å². The molecule has 1 aromatic rings. The number of amides is 2. The fourth-order valence-corrected chi connectivity index (χ4v) is 7.78. The number of nitrogens with zero attached hydrogens (tertiary/aromatic N) is 4. The zero-order valence-electron chi connectivity index (χ0n) is 37.8. The van der Waals surface area contributed by atoms with Crippen LogP contribution in [0.15, 0.2) is 24.3 Å². The molecule has 3 unspecified atom stereocenters. The number of hydrogen-bond acceptors (Lipinski definition) is 18. The summed E-state index contributed by atoms with van der Waals surface area (Å²) in [5.41, 5.74) is 0.910. The molecule has 0 saturated carbocycles. The van der Waals surface area contributed by atoms with Crippen molar-refractivity contribution >= 4 is 87.1 Å². The van der Waals surface area contributed by atoms with Crippen molar-refractivity contribution in [2.45, 2.75) is 51.0 Å². The summed E-state index contributed by atoms with van der Waals surface area (Å²) in [6.07, 6.45) is -2.79. The molecule has 0 spiro atoms. The fourth-order valence-electron chi connectivity index (χ4n) is 6.38. The van der Waals surface area contributed by atoms with Crippen LogP contribution in [0.5, 0.6) is 0 Å². The summed E-state index contributed by atoms with van der Waals surface area (Å²) in [6, 6.07) is 4.75. The van der Waals surface area contributed by atoms with E-state index in [-0.39, 0.29) is 63.1 Å². The fraction of sp³-hybridized carbons (Fsp3) is 0.610. The van der Waals surface area contributed by atoms with Crippen molar-refractivity contribution in [2.75, 3.05) is 98.9 Å². The monoisotopic (exact) mass is 1060 g/mol. The number of benzene rings is 1.